The monoisotopic (exact) mass is 352 g/mol. The molecule has 2 aliphatic rings. The number of hydrogen-bond donors (Lipinski definition) is 1. The molecular weight excluding hydrogens is 328 g/mol. The standard InChI is InChI=1S/C19H25ClO4/c1-23-16-11-15(20)5-4-14(16)12-24-19-9-7-18(13-19,8-10-19)6-2-3-17(21)22/h4-5,11H,2-3,6-10,12-13H2,1H3,(H,21,22). The van der Waals surface area contributed by atoms with E-state index in [-0.39, 0.29) is 12.0 Å². The fourth-order valence-electron chi connectivity index (χ4n) is 4.49. The fraction of sp³-hybridized carbons (Fsp3) is 0.632. The predicted octanol–water partition coefficient (Wildman–Crippen LogP) is 4.82. The van der Waals surface area contributed by atoms with Gasteiger partial charge in [0.25, 0.3) is 0 Å². The molecular formula is C19H25ClO4. The van der Waals surface area contributed by atoms with Crippen molar-refractivity contribution in [2.45, 2.75) is 63.6 Å². The van der Waals surface area contributed by atoms with Crippen LogP contribution in [0.3, 0.4) is 0 Å². The Morgan fingerprint density at radius 2 is 2.04 bits per heavy atom. The van der Waals surface area contributed by atoms with E-state index in [0.717, 1.165) is 56.3 Å². The number of hydrogen-bond acceptors (Lipinski definition) is 3. The van der Waals surface area contributed by atoms with Gasteiger partial charge in [-0.15, -0.1) is 0 Å². The highest BCUT2D eigenvalue weighted by molar-refractivity contribution is 6.30. The molecule has 5 heteroatoms. The van der Waals surface area contributed by atoms with Crippen molar-refractivity contribution in [1.29, 1.82) is 0 Å². The van der Waals surface area contributed by atoms with Crippen molar-refractivity contribution < 1.29 is 19.4 Å². The molecule has 132 valence electrons. The van der Waals surface area contributed by atoms with Gasteiger partial charge in [0.15, 0.2) is 0 Å². The summed E-state index contributed by atoms with van der Waals surface area (Å²) < 4.78 is 11.8. The molecule has 1 aromatic carbocycles. The van der Waals surface area contributed by atoms with Gasteiger partial charge in [0, 0.05) is 17.0 Å². The van der Waals surface area contributed by atoms with E-state index in [1.807, 2.05) is 18.2 Å². The minimum atomic E-state index is -0.695. The summed E-state index contributed by atoms with van der Waals surface area (Å²) in [6.07, 6.45) is 7.60. The number of carboxylic acids is 1. The molecule has 2 saturated carbocycles. The lowest BCUT2D eigenvalue weighted by molar-refractivity contribution is -0.137. The maximum Gasteiger partial charge on any atom is 0.303 e. The van der Waals surface area contributed by atoms with E-state index in [4.69, 9.17) is 26.2 Å². The first kappa shape index (κ1) is 17.6. The molecule has 1 N–H and O–H groups in total. The second-order valence-corrected chi connectivity index (χ2v) is 7.79. The summed E-state index contributed by atoms with van der Waals surface area (Å²) >= 11 is 6.01. The number of methoxy groups -OCH3 is 1. The number of ether oxygens (including phenoxy) is 2. The van der Waals surface area contributed by atoms with Gasteiger partial charge in [-0.3, -0.25) is 4.79 Å². The quantitative estimate of drug-likeness (QED) is 0.728. The average Bonchev–Trinajstić information content (AvgIpc) is 3.09. The van der Waals surface area contributed by atoms with E-state index >= 15 is 0 Å². The molecule has 0 spiro atoms. The molecule has 0 unspecified atom stereocenters. The number of carbonyl (C=O) groups is 1. The van der Waals surface area contributed by atoms with Crippen molar-refractivity contribution in [1.82, 2.24) is 0 Å². The Balaban J connectivity index is 1.58. The molecule has 3 rings (SSSR count). The lowest BCUT2D eigenvalue weighted by Crippen LogP contribution is -2.26. The van der Waals surface area contributed by atoms with E-state index in [1.165, 1.54) is 0 Å². The van der Waals surface area contributed by atoms with Crippen LogP contribution in [0.15, 0.2) is 18.2 Å². The number of aliphatic carboxylic acids is 1. The zero-order valence-corrected chi connectivity index (χ0v) is 14.9. The van der Waals surface area contributed by atoms with Crippen LogP contribution in [0.2, 0.25) is 5.02 Å². The highest BCUT2D eigenvalue weighted by atomic mass is 35.5. The van der Waals surface area contributed by atoms with Gasteiger partial charge in [-0.1, -0.05) is 17.7 Å². The second-order valence-electron chi connectivity index (χ2n) is 7.35. The third kappa shape index (κ3) is 3.70. The van der Waals surface area contributed by atoms with Crippen molar-refractivity contribution in [3.05, 3.63) is 28.8 Å². The third-order valence-electron chi connectivity index (χ3n) is 5.80. The Morgan fingerprint density at radius 3 is 2.71 bits per heavy atom. The first-order chi connectivity index (χ1) is 11.5. The van der Waals surface area contributed by atoms with E-state index in [9.17, 15) is 4.79 Å². The second kappa shape index (κ2) is 6.93. The first-order valence-electron chi connectivity index (χ1n) is 8.64. The number of rotatable bonds is 8. The largest absolute Gasteiger partial charge is 0.496 e. The Hall–Kier alpha value is -1.26. The first-order valence-corrected chi connectivity index (χ1v) is 9.02. The van der Waals surface area contributed by atoms with E-state index in [0.29, 0.717) is 17.0 Å². The molecule has 0 atom stereocenters. The molecule has 0 aromatic heterocycles. The van der Waals surface area contributed by atoms with Crippen LogP contribution in [0.4, 0.5) is 0 Å². The van der Waals surface area contributed by atoms with Gasteiger partial charge in [-0.25, -0.2) is 0 Å². The summed E-state index contributed by atoms with van der Waals surface area (Å²) in [5.41, 5.74) is 1.29. The summed E-state index contributed by atoms with van der Waals surface area (Å²) in [7, 11) is 1.64. The highest BCUT2D eigenvalue weighted by Crippen LogP contribution is 2.60. The average molecular weight is 353 g/mol. The number of halogens is 1. The molecule has 0 heterocycles. The van der Waals surface area contributed by atoms with Crippen molar-refractivity contribution in [2.24, 2.45) is 5.41 Å². The molecule has 24 heavy (non-hydrogen) atoms. The van der Waals surface area contributed by atoms with Gasteiger partial charge in [0.05, 0.1) is 19.3 Å². The molecule has 2 fully saturated rings. The van der Waals surface area contributed by atoms with Gasteiger partial charge < -0.3 is 14.6 Å². The smallest absolute Gasteiger partial charge is 0.303 e. The number of fused-ring (bicyclic) bond motifs is 2. The third-order valence-corrected chi connectivity index (χ3v) is 6.03. The maximum absolute atomic E-state index is 10.7. The summed E-state index contributed by atoms with van der Waals surface area (Å²) in [4.78, 5) is 10.7. The fourth-order valence-corrected chi connectivity index (χ4v) is 4.65. The number of carboxylic acid groups (broad SMARTS) is 1. The molecule has 0 amide bonds. The van der Waals surface area contributed by atoms with Crippen LogP contribution < -0.4 is 4.74 Å². The van der Waals surface area contributed by atoms with Crippen LogP contribution >= 0.6 is 11.6 Å². The Kier molecular flexibility index (Phi) is 5.07. The van der Waals surface area contributed by atoms with Gasteiger partial charge in [0.2, 0.25) is 0 Å². The summed E-state index contributed by atoms with van der Waals surface area (Å²) in [6, 6.07) is 5.64. The van der Waals surface area contributed by atoms with Crippen molar-refractivity contribution in [2.75, 3.05) is 7.11 Å². The lowest BCUT2D eigenvalue weighted by atomic mass is 9.80. The lowest BCUT2D eigenvalue weighted by Gasteiger charge is -2.28. The van der Waals surface area contributed by atoms with Crippen molar-refractivity contribution in [3.63, 3.8) is 0 Å². The topological polar surface area (TPSA) is 55.8 Å². The van der Waals surface area contributed by atoms with Crippen LogP contribution in [0, 0.1) is 5.41 Å². The number of benzene rings is 1. The Morgan fingerprint density at radius 1 is 1.29 bits per heavy atom. The predicted molar refractivity (Wildman–Crippen MR) is 92.5 cm³/mol. The SMILES string of the molecule is COc1cc(Cl)ccc1COC12CCC(CCCC(=O)O)(CC1)C2. The molecule has 1 aromatic rings. The summed E-state index contributed by atoms with van der Waals surface area (Å²) in [6.45, 7) is 0.533. The molecule has 4 nitrogen and oxygen atoms in total. The van der Waals surface area contributed by atoms with Gasteiger partial charge in [-0.05, 0) is 62.5 Å². The highest BCUT2D eigenvalue weighted by Gasteiger charge is 2.54. The summed E-state index contributed by atoms with van der Waals surface area (Å²) in [5.74, 6) is 0.0716. The van der Waals surface area contributed by atoms with Gasteiger partial charge >= 0.3 is 5.97 Å². The summed E-state index contributed by atoms with van der Waals surface area (Å²) in [5, 5.41) is 9.50. The van der Waals surface area contributed by atoms with Crippen LogP contribution in [-0.4, -0.2) is 23.8 Å². The molecule has 2 aliphatic carbocycles. The van der Waals surface area contributed by atoms with Crippen LogP contribution in [-0.2, 0) is 16.1 Å². The Labute approximate surface area is 148 Å². The van der Waals surface area contributed by atoms with Crippen LogP contribution in [0.5, 0.6) is 5.75 Å². The molecule has 0 radical (unpaired) electrons. The van der Waals surface area contributed by atoms with Crippen LogP contribution in [0.25, 0.3) is 0 Å². The zero-order chi connectivity index (χ0) is 17.2. The molecule has 0 saturated heterocycles. The van der Waals surface area contributed by atoms with Gasteiger partial charge in [-0.2, -0.15) is 0 Å². The van der Waals surface area contributed by atoms with Gasteiger partial charge in [0.1, 0.15) is 5.75 Å². The normalized spacial score (nSPS) is 28.2. The van der Waals surface area contributed by atoms with Crippen molar-refractivity contribution >= 4 is 17.6 Å². The van der Waals surface area contributed by atoms with E-state index in [2.05, 4.69) is 0 Å². The maximum atomic E-state index is 10.7. The molecule has 0 aliphatic heterocycles. The van der Waals surface area contributed by atoms with Crippen LogP contribution in [0.1, 0.15) is 56.9 Å². The minimum Gasteiger partial charge on any atom is -0.496 e. The Bertz CT molecular complexity index is 605. The van der Waals surface area contributed by atoms with Crippen molar-refractivity contribution in [3.8, 4) is 5.75 Å². The minimum absolute atomic E-state index is 0.0339. The molecule has 2 bridgehead atoms. The zero-order valence-electron chi connectivity index (χ0n) is 14.1. The van der Waals surface area contributed by atoms with E-state index in [1.54, 1.807) is 7.11 Å². The van der Waals surface area contributed by atoms with E-state index < -0.39 is 5.97 Å².